The number of nitrogens with zero attached hydrogens (tertiary/aromatic N) is 2. The van der Waals surface area contributed by atoms with Crippen LogP contribution in [0.1, 0.15) is 15.9 Å². The lowest BCUT2D eigenvalue weighted by molar-refractivity contribution is -0.196. The molecule has 0 unspecified atom stereocenters. The lowest BCUT2D eigenvalue weighted by Gasteiger charge is -2.30. The number of pyridine rings is 1. The van der Waals surface area contributed by atoms with Gasteiger partial charge in [-0.1, -0.05) is 0 Å². The van der Waals surface area contributed by atoms with Crippen molar-refractivity contribution < 1.29 is 27.5 Å². The third kappa shape index (κ3) is 3.33. The van der Waals surface area contributed by atoms with Crippen LogP contribution >= 0.6 is 0 Å². The fourth-order valence-corrected chi connectivity index (χ4v) is 3.50. The highest BCUT2D eigenvalue weighted by atomic mass is 19.4. The Morgan fingerprint density at radius 2 is 1.73 bits per heavy atom. The van der Waals surface area contributed by atoms with Gasteiger partial charge in [0.15, 0.2) is 0 Å². The van der Waals surface area contributed by atoms with Crippen molar-refractivity contribution in [1.29, 1.82) is 0 Å². The Labute approximate surface area is 182 Å². The van der Waals surface area contributed by atoms with Crippen LogP contribution < -0.4 is 26.6 Å². The van der Waals surface area contributed by atoms with Crippen molar-refractivity contribution in [2.24, 2.45) is 0 Å². The third-order valence-corrected chi connectivity index (χ3v) is 5.06. The van der Waals surface area contributed by atoms with E-state index in [1.807, 2.05) is 5.32 Å². The number of rotatable bonds is 4. The van der Waals surface area contributed by atoms with Crippen LogP contribution in [0.2, 0.25) is 0 Å². The van der Waals surface area contributed by atoms with E-state index in [-0.39, 0.29) is 11.3 Å². The van der Waals surface area contributed by atoms with E-state index in [4.69, 9.17) is 4.74 Å². The Morgan fingerprint density at radius 3 is 2.30 bits per heavy atom. The van der Waals surface area contributed by atoms with E-state index in [0.29, 0.717) is 10.3 Å². The first kappa shape index (κ1) is 21.8. The first-order chi connectivity index (χ1) is 15.6. The van der Waals surface area contributed by atoms with Gasteiger partial charge in [0.2, 0.25) is 0 Å². The highest BCUT2D eigenvalue weighted by Crippen LogP contribution is 2.45. The van der Waals surface area contributed by atoms with Crippen molar-refractivity contribution in [1.82, 2.24) is 19.9 Å². The van der Waals surface area contributed by atoms with Gasteiger partial charge in [-0.3, -0.25) is 24.4 Å². The number of halogens is 3. The minimum Gasteiger partial charge on any atom is -0.497 e. The topological polar surface area (TPSA) is 135 Å². The molecule has 0 fully saturated rings. The molecule has 0 bridgehead atoms. The van der Waals surface area contributed by atoms with Gasteiger partial charge in [0.05, 0.1) is 12.8 Å². The number of carbonyl (C=O) groups excluding carboxylic acids is 2. The number of aromatic nitrogens is 3. The molecule has 2 aromatic heterocycles. The fourth-order valence-electron chi connectivity index (χ4n) is 3.50. The number of methoxy groups -OCH3 is 1. The Bertz CT molecular complexity index is 1370. The first-order valence-corrected chi connectivity index (χ1v) is 9.25. The molecule has 0 spiro atoms. The summed E-state index contributed by atoms with van der Waals surface area (Å²) in [6.45, 7) is 0. The Balaban J connectivity index is 1.96. The van der Waals surface area contributed by atoms with E-state index in [1.54, 1.807) is 10.3 Å². The summed E-state index contributed by atoms with van der Waals surface area (Å²) >= 11 is 0. The lowest BCUT2D eigenvalue weighted by atomic mass is 9.91. The average molecular weight is 461 g/mol. The van der Waals surface area contributed by atoms with Gasteiger partial charge in [-0.25, -0.2) is 9.36 Å². The number of ether oxygens (including phenoxy) is 1. The molecular formula is C20H14F3N5O5. The smallest absolute Gasteiger partial charge is 0.425 e. The highest BCUT2D eigenvalue weighted by Gasteiger charge is 2.68. The number of hydrogen-bond acceptors (Lipinski definition) is 6. The maximum absolute atomic E-state index is 14.4. The van der Waals surface area contributed by atoms with Crippen molar-refractivity contribution in [3.05, 3.63) is 80.8 Å². The zero-order chi connectivity index (χ0) is 24.0. The number of carbonyl (C=O) groups is 2. The normalized spacial score (nSPS) is 17.3. The molecule has 2 amide bonds. The second-order valence-electron chi connectivity index (χ2n) is 6.91. The number of hydrogen-bond donors (Lipinski definition) is 3. The predicted octanol–water partition coefficient (Wildman–Crippen LogP) is 1.07. The Hall–Kier alpha value is -4.42. The van der Waals surface area contributed by atoms with Crippen LogP contribution in [0.5, 0.6) is 5.75 Å². The second kappa shape index (κ2) is 7.62. The van der Waals surface area contributed by atoms with Gasteiger partial charge in [0.1, 0.15) is 17.1 Å². The molecule has 170 valence electrons. The van der Waals surface area contributed by atoms with Gasteiger partial charge in [-0.2, -0.15) is 13.2 Å². The van der Waals surface area contributed by atoms with Gasteiger partial charge in [0.25, 0.3) is 22.9 Å². The van der Waals surface area contributed by atoms with Crippen molar-refractivity contribution >= 4 is 17.6 Å². The third-order valence-electron chi connectivity index (χ3n) is 5.06. The summed E-state index contributed by atoms with van der Waals surface area (Å²) < 4.78 is 48.9. The van der Waals surface area contributed by atoms with E-state index in [0.717, 1.165) is 12.1 Å². The molecule has 0 aliphatic carbocycles. The number of amides is 2. The monoisotopic (exact) mass is 461 g/mol. The molecule has 33 heavy (non-hydrogen) atoms. The van der Waals surface area contributed by atoms with Gasteiger partial charge >= 0.3 is 11.9 Å². The molecule has 3 heterocycles. The fraction of sp³-hybridized carbons (Fsp3) is 0.150. The van der Waals surface area contributed by atoms with E-state index < -0.39 is 46.2 Å². The zero-order valence-electron chi connectivity index (χ0n) is 16.7. The zero-order valence-corrected chi connectivity index (χ0v) is 16.7. The largest absolute Gasteiger partial charge is 0.497 e. The molecule has 0 radical (unpaired) electrons. The molecule has 1 aromatic carbocycles. The average Bonchev–Trinajstić information content (AvgIpc) is 3.07. The van der Waals surface area contributed by atoms with Crippen molar-refractivity contribution in [3.8, 4) is 11.4 Å². The molecule has 10 nitrogen and oxygen atoms in total. The quantitative estimate of drug-likeness (QED) is 0.532. The minimum absolute atomic E-state index is 0.0343. The Kier molecular flexibility index (Phi) is 5.03. The van der Waals surface area contributed by atoms with Gasteiger partial charge < -0.3 is 15.4 Å². The van der Waals surface area contributed by atoms with E-state index in [9.17, 15) is 32.3 Å². The lowest BCUT2D eigenvalue weighted by Crippen LogP contribution is -2.62. The highest BCUT2D eigenvalue weighted by molar-refractivity contribution is 6.09. The summed E-state index contributed by atoms with van der Waals surface area (Å²) in [6, 6.07) is 7.81. The number of fused-ring (bicyclic) bond motifs is 1. The summed E-state index contributed by atoms with van der Waals surface area (Å²) in [6.07, 6.45) is -3.10. The van der Waals surface area contributed by atoms with Crippen LogP contribution in [0.15, 0.2) is 58.4 Å². The standard InChI is InChI=1S/C20H14F3N5O5/c1-33-12-4-2-11(3-5-12)28-14-13(16(30)26-18(28)32)19(17(31)25-14,20(21,22)23)27-15(29)10-6-8-24-9-7-10/h2-9H,1H3,(H,25,31)(H,27,29)(H,26,30,32)/t19-/m0/s1. The first-order valence-electron chi connectivity index (χ1n) is 9.25. The van der Waals surface area contributed by atoms with Crippen LogP contribution in [0.25, 0.3) is 5.69 Å². The Morgan fingerprint density at radius 1 is 1.09 bits per heavy atom. The van der Waals surface area contributed by atoms with Crippen LogP contribution in [0, 0.1) is 0 Å². The summed E-state index contributed by atoms with van der Waals surface area (Å²) in [5.74, 6) is -3.34. The van der Waals surface area contributed by atoms with Crippen LogP contribution in [0.4, 0.5) is 19.0 Å². The summed E-state index contributed by atoms with van der Waals surface area (Å²) in [7, 11) is 1.39. The van der Waals surface area contributed by atoms with Gasteiger partial charge in [-0.15, -0.1) is 0 Å². The number of benzene rings is 1. The van der Waals surface area contributed by atoms with Crippen LogP contribution in [0.3, 0.4) is 0 Å². The number of aromatic amines is 1. The maximum Gasteiger partial charge on any atom is 0.425 e. The SMILES string of the molecule is COc1ccc(-n2c3c(c(=O)[nH]c2=O)[C@@](NC(=O)c2ccncc2)(C(F)(F)F)C(=O)N3)cc1. The van der Waals surface area contributed by atoms with Gasteiger partial charge in [0, 0.05) is 18.0 Å². The molecule has 3 aromatic rings. The van der Waals surface area contributed by atoms with E-state index in [1.165, 1.54) is 43.8 Å². The molecule has 0 saturated heterocycles. The predicted molar refractivity (Wildman–Crippen MR) is 107 cm³/mol. The van der Waals surface area contributed by atoms with Crippen LogP contribution in [-0.2, 0) is 10.3 Å². The summed E-state index contributed by atoms with van der Waals surface area (Å²) in [5.41, 5.74) is -7.69. The molecule has 0 saturated carbocycles. The molecular weight excluding hydrogens is 447 g/mol. The molecule has 13 heteroatoms. The van der Waals surface area contributed by atoms with Gasteiger partial charge in [-0.05, 0) is 36.4 Å². The number of alkyl halides is 3. The minimum atomic E-state index is -5.44. The maximum atomic E-state index is 14.4. The number of nitrogens with one attached hydrogen (secondary N) is 3. The van der Waals surface area contributed by atoms with E-state index >= 15 is 0 Å². The number of anilines is 1. The van der Waals surface area contributed by atoms with Crippen molar-refractivity contribution in [3.63, 3.8) is 0 Å². The molecule has 4 rings (SSSR count). The second-order valence-corrected chi connectivity index (χ2v) is 6.91. The number of H-pyrrole nitrogens is 1. The molecule has 1 atom stereocenters. The van der Waals surface area contributed by atoms with Crippen molar-refractivity contribution in [2.45, 2.75) is 11.7 Å². The molecule has 3 N–H and O–H groups in total. The molecule has 1 aliphatic rings. The van der Waals surface area contributed by atoms with E-state index in [2.05, 4.69) is 4.98 Å². The summed E-state index contributed by atoms with van der Waals surface area (Å²) in [4.78, 5) is 55.9. The molecule has 1 aliphatic heterocycles. The van der Waals surface area contributed by atoms with Crippen molar-refractivity contribution in [2.75, 3.05) is 12.4 Å². The summed E-state index contributed by atoms with van der Waals surface area (Å²) in [5, 5.41) is 3.61. The van der Waals surface area contributed by atoms with Crippen LogP contribution in [-0.4, -0.2) is 39.6 Å².